The number of rotatable bonds is 3. The minimum absolute atomic E-state index is 0.170. The summed E-state index contributed by atoms with van der Waals surface area (Å²) in [5.41, 5.74) is 4.90. The minimum Gasteiger partial charge on any atom is -0.364 e. The summed E-state index contributed by atoms with van der Waals surface area (Å²) < 4.78 is 5.24. The van der Waals surface area contributed by atoms with E-state index in [2.05, 4.69) is 70.7 Å². The molecule has 0 bridgehead atoms. The van der Waals surface area contributed by atoms with Gasteiger partial charge in [-0.2, -0.15) is 0 Å². The van der Waals surface area contributed by atoms with Gasteiger partial charge in [-0.15, -0.1) is 0 Å². The average Bonchev–Trinajstić information content (AvgIpc) is 3.05. The van der Waals surface area contributed by atoms with Gasteiger partial charge in [0.05, 0.1) is 6.04 Å². The topological polar surface area (TPSA) is 29.3 Å². The standard InChI is InChI=1S/C19H18N2O/c1-3-7-15(8-4-1)13-21-12-11-17-14-22-20-18(17)19(21)16-9-5-2-6-10-16/h1-10,14,19H,11-13H2. The van der Waals surface area contributed by atoms with E-state index in [1.54, 1.807) is 6.26 Å². The van der Waals surface area contributed by atoms with Gasteiger partial charge in [-0.05, 0) is 17.5 Å². The van der Waals surface area contributed by atoms with E-state index in [9.17, 15) is 0 Å². The highest BCUT2D eigenvalue weighted by atomic mass is 16.5. The van der Waals surface area contributed by atoms with E-state index in [0.717, 1.165) is 25.2 Å². The Balaban J connectivity index is 1.71. The maximum absolute atomic E-state index is 5.24. The van der Waals surface area contributed by atoms with Crippen LogP contribution < -0.4 is 0 Å². The Morgan fingerprint density at radius 2 is 1.73 bits per heavy atom. The van der Waals surface area contributed by atoms with Crippen LogP contribution >= 0.6 is 0 Å². The monoisotopic (exact) mass is 290 g/mol. The van der Waals surface area contributed by atoms with Crippen LogP contribution in [0.4, 0.5) is 0 Å². The molecule has 0 N–H and O–H groups in total. The van der Waals surface area contributed by atoms with Crippen molar-refractivity contribution in [3.05, 3.63) is 89.3 Å². The van der Waals surface area contributed by atoms with Crippen molar-refractivity contribution in [1.82, 2.24) is 10.1 Å². The summed E-state index contributed by atoms with van der Waals surface area (Å²) in [7, 11) is 0. The van der Waals surface area contributed by atoms with Gasteiger partial charge in [0.2, 0.25) is 0 Å². The average molecular weight is 290 g/mol. The molecular formula is C19H18N2O. The lowest BCUT2D eigenvalue weighted by atomic mass is 9.93. The van der Waals surface area contributed by atoms with Crippen molar-refractivity contribution in [3.63, 3.8) is 0 Å². The lowest BCUT2D eigenvalue weighted by Gasteiger charge is -2.34. The van der Waals surface area contributed by atoms with Crippen LogP contribution in [0, 0.1) is 0 Å². The Hall–Kier alpha value is -2.39. The van der Waals surface area contributed by atoms with Crippen molar-refractivity contribution in [2.24, 2.45) is 0 Å². The maximum atomic E-state index is 5.24. The molecule has 22 heavy (non-hydrogen) atoms. The molecular weight excluding hydrogens is 272 g/mol. The van der Waals surface area contributed by atoms with Gasteiger partial charge in [-0.3, -0.25) is 4.90 Å². The first-order chi connectivity index (χ1) is 10.9. The first-order valence-corrected chi connectivity index (χ1v) is 7.68. The molecule has 0 aliphatic carbocycles. The highest BCUT2D eigenvalue weighted by Crippen LogP contribution is 2.35. The third-order valence-electron chi connectivity index (χ3n) is 4.31. The molecule has 0 fully saturated rings. The van der Waals surface area contributed by atoms with Gasteiger partial charge in [0.25, 0.3) is 0 Å². The van der Waals surface area contributed by atoms with E-state index in [0.29, 0.717) is 0 Å². The number of benzene rings is 2. The van der Waals surface area contributed by atoms with Crippen LogP contribution in [0.5, 0.6) is 0 Å². The van der Waals surface area contributed by atoms with Gasteiger partial charge >= 0.3 is 0 Å². The van der Waals surface area contributed by atoms with Gasteiger partial charge in [-0.25, -0.2) is 0 Å². The van der Waals surface area contributed by atoms with Gasteiger partial charge in [0, 0.05) is 18.7 Å². The Morgan fingerprint density at radius 3 is 2.50 bits per heavy atom. The van der Waals surface area contributed by atoms with E-state index in [4.69, 9.17) is 4.52 Å². The van der Waals surface area contributed by atoms with Crippen molar-refractivity contribution < 1.29 is 4.52 Å². The minimum atomic E-state index is 0.170. The zero-order valence-corrected chi connectivity index (χ0v) is 12.4. The van der Waals surface area contributed by atoms with Crippen LogP contribution in [-0.4, -0.2) is 16.6 Å². The molecule has 1 aliphatic heterocycles. The van der Waals surface area contributed by atoms with Crippen molar-refractivity contribution in [2.75, 3.05) is 6.54 Å². The number of fused-ring (bicyclic) bond motifs is 1. The fraction of sp³-hybridized carbons (Fsp3) is 0.211. The van der Waals surface area contributed by atoms with E-state index in [-0.39, 0.29) is 6.04 Å². The summed E-state index contributed by atoms with van der Waals surface area (Å²) in [6.45, 7) is 1.94. The van der Waals surface area contributed by atoms with Gasteiger partial charge in [0.1, 0.15) is 12.0 Å². The van der Waals surface area contributed by atoms with Crippen LogP contribution in [0.1, 0.15) is 28.4 Å². The Morgan fingerprint density at radius 1 is 1.00 bits per heavy atom. The SMILES string of the molecule is c1ccc(CN2CCc3conc3C2c2ccccc2)cc1. The third kappa shape index (κ3) is 2.44. The first-order valence-electron chi connectivity index (χ1n) is 7.68. The fourth-order valence-corrected chi connectivity index (χ4v) is 3.24. The second-order valence-corrected chi connectivity index (χ2v) is 5.74. The molecule has 0 amide bonds. The molecule has 3 aromatic rings. The lowest BCUT2D eigenvalue weighted by Crippen LogP contribution is -2.35. The zero-order valence-electron chi connectivity index (χ0n) is 12.4. The summed E-state index contributed by atoms with van der Waals surface area (Å²) in [5, 5.41) is 4.29. The molecule has 110 valence electrons. The molecule has 1 atom stereocenters. The second kappa shape index (κ2) is 5.78. The lowest BCUT2D eigenvalue weighted by molar-refractivity contribution is 0.198. The Labute approximate surface area is 130 Å². The normalized spacial score (nSPS) is 18.1. The number of hydrogen-bond donors (Lipinski definition) is 0. The molecule has 0 saturated carbocycles. The molecule has 4 rings (SSSR count). The maximum Gasteiger partial charge on any atom is 0.127 e. The summed E-state index contributed by atoms with van der Waals surface area (Å²) in [6.07, 6.45) is 2.79. The number of aromatic nitrogens is 1. The van der Waals surface area contributed by atoms with Crippen LogP contribution in [-0.2, 0) is 13.0 Å². The summed E-state index contributed by atoms with van der Waals surface area (Å²) in [6, 6.07) is 21.4. The van der Waals surface area contributed by atoms with Crippen molar-refractivity contribution >= 4 is 0 Å². The Bertz CT molecular complexity index is 736. The molecule has 3 nitrogen and oxygen atoms in total. The van der Waals surface area contributed by atoms with Crippen molar-refractivity contribution in [1.29, 1.82) is 0 Å². The van der Waals surface area contributed by atoms with E-state index >= 15 is 0 Å². The summed E-state index contributed by atoms with van der Waals surface area (Å²) in [4.78, 5) is 2.48. The molecule has 1 aromatic heterocycles. The third-order valence-corrected chi connectivity index (χ3v) is 4.31. The van der Waals surface area contributed by atoms with Crippen LogP contribution in [0.15, 0.2) is 71.4 Å². The number of hydrogen-bond acceptors (Lipinski definition) is 3. The van der Waals surface area contributed by atoms with Gasteiger partial charge in [-0.1, -0.05) is 65.8 Å². The smallest absolute Gasteiger partial charge is 0.127 e. The summed E-state index contributed by atoms with van der Waals surface area (Å²) >= 11 is 0. The summed E-state index contributed by atoms with van der Waals surface area (Å²) in [5.74, 6) is 0. The van der Waals surface area contributed by atoms with Crippen LogP contribution in [0.2, 0.25) is 0 Å². The molecule has 2 aromatic carbocycles. The molecule has 1 unspecified atom stereocenters. The van der Waals surface area contributed by atoms with Crippen LogP contribution in [0.25, 0.3) is 0 Å². The van der Waals surface area contributed by atoms with Crippen molar-refractivity contribution in [2.45, 2.75) is 19.0 Å². The molecule has 3 heteroatoms. The zero-order chi connectivity index (χ0) is 14.8. The molecule has 0 saturated heterocycles. The van der Waals surface area contributed by atoms with Gasteiger partial charge < -0.3 is 4.52 Å². The molecule has 2 heterocycles. The van der Waals surface area contributed by atoms with E-state index in [1.165, 1.54) is 16.7 Å². The quantitative estimate of drug-likeness (QED) is 0.734. The predicted molar refractivity (Wildman–Crippen MR) is 85.3 cm³/mol. The molecule has 0 spiro atoms. The fourth-order valence-electron chi connectivity index (χ4n) is 3.24. The first kappa shape index (κ1) is 13.3. The Kier molecular flexibility index (Phi) is 3.49. The molecule has 1 aliphatic rings. The van der Waals surface area contributed by atoms with E-state index in [1.807, 2.05) is 0 Å². The largest absolute Gasteiger partial charge is 0.364 e. The molecule has 0 radical (unpaired) electrons. The van der Waals surface area contributed by atoms with Crippen molar-refractivity contribution in [3.8, 4) is 0 Å². The van der Waals surface area contributed by atoms with E-state index < -0.39 is 0 Å². The highest BCUT2D eigenvalue weighted by Gasteiger charge is 2.31. The highest BCUT2D eigenvalue weighted by molar-refractivity contribution is 5.34. The van der Waals surface area contributed by atoms with Crippen LogP contribution in [0.3, 0.4) is 0 Å². The second-order valence-electron chi connectivity index (χ2n) is 5.74. The number of nitrogens with zero attached hydrogens (tertiary/aromatic N) is 2. The predicted octanol–water partition coefficient (Wildman–Crippen LogP) is 3.82. The van der Waals surface area contributed by atoms with Gasteiger partial charge in [0.15, 0.2) is 0 Å².